The number of nitrogens with one attached hydrogen (secondary N) is 2. The van der Waals surface area contributed by atoms with Crippen LogP contribution in [0.3, 0.4) is 0 Å². The first-order valence-corrected chi connectivity index (χ1v) is 24.9. The van der Waals surface area contributed by atoms with Gasteiger partial charge >= 0.3 is 0 Å². The molecule has 2 atom stereocenters. The summed E-state index contributed by atoms with van der Waals surface area (Å²) in [6.07, 6.45) is 0. The summed E-state index contributed by atoms with van der Waals surface area (Å²) in [5.41, 5.74) is 18.1. The largest absolute Gasteiger partial charge is 0.399 e. The van der Waals surface area contributed by atoms with Crippen molar-refractivity contribution in [2.45, 2.75) is 39.0 Å². The molecule has 23 nitrogen and oxygen atoms in total. The Labute approximate surface area is 498 Å². The smallest absolute Gasteiger partial charge is 0.270 e. The van der Waals surface area contributed by atoms with Crippen LogP contribution in [0, 0.1) is 21.7 Å². The van der Waals surface area contributed by atoms with Crippen molar-refractivity contribution in [3.05, 3.63) is 165 Å². The summed E-state index contributed by atoms with van der Waals surface area (Å²) in [5.74, 6) is -5.84. The number of nitrogens with zero attached hydrogens (tertiary/aromatic N) is 7. The molecule has 2 aromatic heterocycles. The molecule has 0 saturated carbocycles. The second-order valence-corrected chi connectivity index (χ2v) is 18.8. The number of carbonyl (C=O) groups excluding carboxylic acids is 6. The molecule has 13 N–H and O–H groups in total. The van der Waals surface area contributed by atoms with E-state index in [1.807, 2.05) is 0 Å². The van der Waals surface area contributed by atoms with Gasteiger partial charge in [-0.15, -0.1) is 12.4 Å². The van der Waals surface area contributed by atoms with Crippen LogP contribution in [0.5, 0.6) is 0 Å². The van der Waals surface area contributed by atoms with E-state index in [0.29, 0.717) is 37.8 Å². The summed E-state index contributed by atoms with van der Waals surface area (Å²) >= 11 is 12.4. The summed E-state index contributed by atoms with van der Waals surface area (Å²) in [4.78, 5) is 89.0. The average molecular weight is 1250 g/mol. The van der Waals surface area contributed by atoms with Gasteiger partial charge in [-0.2, -0.15) is 10.2 Å². The molecule has 438 valence electrons. The van der Waals surface area contributed by atoms with E-state index in [0.717, 1.165) is 20.5 Å². The third-order valence-electron chi connectivity index (χ3n) is 12.5. The zero-order valence-electron chi connectivity index (χ0n) is 43.9. The third kappa shape index (κ3) is 15.5. The summed E-state index contributed by atoms with van der Waals surface area (Å²) in [6.45, 7) is 0.252. The van der Waals surface area contributed by atoms with Crippen LogP contribution >= 0.6 is 35.6 Å². The number of benzene rings is 6. The Balaban J connectivity index is 0.000000344. The molecule has 0 aliphatic rings. The van der Waals surface area contributed by atoms with Crippen LogP contribution in [0.2, 0.25) is 10.0 Å². The molecule has 6 aromatic carbocycles. The van der Waals surface area contributed by atoms with Crippen molar-refractivity contribution in [2.24, 2.45) is 11.5 Å². The Morgan fingerprint density at radius 1 is 0.639 bits per heavy atom. The summed E-state index contributed by atoms with van der Waals surface area (Å²) in [6, 6.07) is 29.0. The number of nitro benzene ring substituents is 1. The van der Waals surface area contributed by atoms with Gasteiger partial charge in [-0.05, 0) is 62.4 Å². The Hall–Kier alpha value is -8.59. The van der Waals surface area contributed by atoms with E-state index in [2.05, 4.69) is 20.8 Å². The number of anilines is 3. The normalized spacial score (nSPS) is 11.3. The maximum Gasteiger partial charge on any atom is 0.270 e. The van der Waals surface area contributed by atoms with Crippen LogP contribution in [0.1, 0.15) is 34.8 Å². The third-order valence-corrected chi connectivity index (χ3v) is 13.2. The molecule has 83 heavy (non-hydrogen) atoms. The predicted octanol–water partition coefficient (Wildman–Crippen LogP) is 6.96. The molecule has 0 saturated heterocycles. The fourth-order valence-corrected chi connectivity index (χ4v) is 8.89. The van der Waals surface area contributed by atoms with Gasteiger partial charge in [0.15, 0.2) is 23.0 Å². The molecule has 0 spiro atoms. The molecule has 0 radical (unpaired) electrons. The van der Waals surface area contributed by atoms with Gasteiger partial charge in [0.2, 0.25) is 23.6 Å². The first kappa shape index (κ1) is 66.9. The Bertz CT molecular complexity index is 3740. The number of hydrogen-bond donors (Lipinski definition) is 8. The molecule has 0 fully saturated rings. The summed E-state index contributed by atoms with van der Waals surface area (Å²) in [5, 5.41) is 44.9. The topological polar surface area (TPSA) is 365 Å². The Morgan fingerprint density at radius 2 is 1.02 bits per heavy atom. The molecule has 0 unspecified atom stereocenters. The van der Waals surface area contributed by atoms with Gasteiger partial charge in [-0.3, -0.25) is 48.2 Å². The van der Waals surface area contributed by atoms with Crippen LogP contribution in [0.15, 0.2) is 121 Å². The van der Waals surface area contributed by atoms with Gasteiger partial charge < -0.3 is 54.0 Å². The van der Waals surface area contributed by atoms with Crippen LogP contribution in [0.25, 0.3) is 44.1 Å². The van der Waals surface area contributed by atoms with E-state index in [1.165, 1.54) is 54.1 Å². The molecule has 6 amide bonds. The van der Waals surface area contributed by atoms with E-state index in [-0.39, 0.29) is 92.7 Å². The van der Waals surface area contributed by atoms with Gasteiger partial charge in [0.1, 0.15) is 26.2 Å². The fourth-order valence-electron chi connectivity index (χ4n) is 8.42. The van der Waals surface area contributed by atoms with E-state index >= 15 is 8.78 Å². The van der Waals surface area contributed by atoms with Crippen LogP contribution < -0.4 is 34.0 Å². The molecule has 8 rings (SSSR count). The van der Waals surface area contributed by atoms with Crippen LogP contribution in [0.4, 0.5) is 31.5 Å². The number of nitrogen functional groups attached to an aromatic ring is 1. The van der Waals surface area contributed by atoms with E-state index in [4.69, 9.17) is 40.4 Å². The molecule has 0 bridgehead atoms. The monoisotopic (exact) mass is 1240 g/mol. The second-order valence-electron chi connectivity index (χ2n) is 18.0. The van der Waals surface area contributed by atoms with Crippen molar-refractivity contribution in [1.82, 2.24) is 35.5 Å². The molecule has 2 heterocycles. The zero-order chi connectivity index (χ0) is 58.1. The minimum atomic E-state index is -0.956. The summed E-state index contributed by atoms with van der Waals surface area (Å²) < 4.78 is 33.0. The van der Waals surface area contributed by atoms with E-state index in [1.54, 1.807) is 79.7 Å². The Morgan fingerprint density at radius 3 is 1.41 bits per heavy atom. The van der Waals surface area contributed by atoms with E-state index < -0.39 is 96.9 Å². The van der Waals surface area contributed by atoms with E-state index in [9.17, 15) is 49.1 Å². The van der Waals surface area contributed by atoms with Gasteiger partial charge in [0, 0.05) is 78.0 Å². The summed E-state index contributed by atoms with van der Waals surface area (Å²) in [7, 11) is 0. The SMILES string of the molecule is C[C@H](CO)N(CC(=O)Nc1cccc(-c2ccccc2Cl)c1F)C(=O)Cn1nc(C(N)=O)c2cc(N)ccc21.C[C@H](CO)N(CC(=O)Nc1cccc(-c2ccccc2Cl)c1F)C(=O)Cn1nc(C(N)=O)c2cc([N+](=O)[O-])ccc21.Cl.N.[Fe]. The van der Waals surface area contributed by atoms with Crippen molar-refractivity contribution in [3.63, 3.8) is 0 Å². The maximum atomic E-state index is 15.3. The number of carbonyl (C=O) groups is 6. The minimum absolute atomic E-state index is 0. The minimum Gasteiger partial charge on any atom is -0.399 e. The predicted molar refractivity (Wildman–Crippen MR) is 307 cm³/mol. The zero-order valence-corrected chi connectivity index (χ0v) is 47.4. The number of halogens is 5. The molecule has 8 aromatic rings. The maximum absolute atomic E-state index is 15.3. The first-order valence-electron chi connectivity index (χ1n) is 24.1. The quantitative estimate of drug-likeness (QED) is 0.0176. The van der Waals surface area contributed by atoms with Gasteiger partial charge in [0.05, 0.1) is 52.6 Å². The average Bonchev–Trinajstić information content (AvgIpc) is 4.18. The number of nitro groups is 1. The first-order chi connectivity index (χ1) is 38.1. The van der Waals surface area contributed by atoms with Gasteiger partial charge in [0.25, 0.3) is 17.5 Å². The van der Waals surface area contributed by atoms with Crippen molar-refractivity contribution < 1.29 is 69.8 Å². The number of fused-ring (bicyclic) bond motifs is 2. The molecule has 29 heteroatoms. The number of aromatic nitrogens is 4. The molecular formula is C54H54Cl3F2FeN13O10. The fraction of sp³-hybridized carbons (Fsp3) is 0.185. The van der Waals surface area contributed by atoms with Crippen LogP contribution in [-0.4, -0.2) is 118 Å². The van der Waals surface area contributed by atoms with Gasteiger partial charge in [-0.1, -0.05) is 83.9 Å². The number of aliphatic hydroxyl groups is 2. The number of nitrogens with two attached hydrogens (primary N) is 3. The van der Waals surface area contributed by atoms with Crippen molar-refractivity contribution in [1.29, 1.82) is 0 Å². The standard InChI is InChI=1S/C27H24ClFN6O6.C27H26ClFN6O4.ClH.Fe.H3N/c1-15(14-36)33(12-23(37)31-21-8-4-6-18(25(21)29)17-5-2-3-7-20(17)28)24(38)13-34-22-10-9-16(35(40)41)11-19(22)26(32-34)27(30)39;1-15(14-36)34(24(38)13-35-22-10-9-16(30)11-19(22)26(33-35)27(31)39)12-23(37)32-21-8-4-6-18(25(21)29)17-5-2-3-7-20(17)28;;;/h2-11,15,36H,12-14H2,1H3,(H2,30,39)(H,31,37);2-11,15,36H,12-14,30H2,1H3,(H2,31,39)(H,32,37);1H;;1H3/t2*15-;;;/m11.../s1. The molecule has 0 aliphatic heterocycles. The Kier molecular flexibility index (Phi) is 23.7. The number of hydrogen-bond acceptors (Lipinski definition) is 14. The van der Waals surface area contributed by atoms with Gasteiger partial charge in [-0.25, -0.2) is 8.78 Å². The van der Waals surface area contributed by atoms with Crippen molar-refractivity contribution in [3.8, 4) is 22.3 Å². The number of rotatable bonds is 19. The number of non-ortho nitro benzene ring substituents is 1. The van der Waals surface area contributed by atoms with Crippen molar-refractivity contribution in [2.75, 3.05) is 42.7 Å². The van der Waals surface area contributed by atoms with Crippen LogP contribution in [-0.2, 0) is 49.3 Å². The number of amides is 6. The number of aliphatic hydroxyl groups excluding tert-OH is 2. The number of primary amides is 2. The second kappa shape index (κ2) is 29.4. The molecule has 0 aliphatic carbocycles. The molecular weight excluding hydrogens is 1190 g/mol. The van der Waals surface area contributed by atoms with Crippen molar-refractivity contribution >= 4 is 116 Å².